The van der Waals surface area contributed by atoms with Crippen LogP contribution in [0.5, 0.6) is 0 Å². The summed E-state index contributed by atoms with van der Waals surface area (Å²) in [6, 6.07) is 6.43. The second-order valence-electron chi connectivity index (χ2n) is 4.52. The summed E-state index contributed by atoms with van der Waals surface area (Å²) in [6.45, 7) is 5.12. The van der Waals surface area contributed by atoms with Crippen molar-refractivity contribution in [3.05, 3.63) is 29.8 Å². The van der Waals surface area contributed by atoms with Crippen molar-refractivity contribution in [2.24, 2.45) is 0 Å². The molecule has 0 saturated heterocycles. The Morgan fingerprint density at radius 2 is 1.76 bits per heavy atom. The van der Waals surface area contributed by atoms with Gasteiger partial charge >= 0.3 is 0 Å². The number of carbonyl (C=O) groups excluding carboxylic acids is 1. The summed E-state index contributed by atoms with van der Waals surface area (Å²) in [5.41, 5.74) is 0.989. The molecule has 0 aliphatic carbocycles. The molecule has 0 spiro atoms. The highest BCUT2D eigenvalue weighted by atomic mass is 35.5. The average Bonchev–Trinajstić information content (AvgIpc) is 2.46. The summed E-state index contributed by atoms with van der Waals surface area (Å²) in [5, 5.41) is 0. The first-order valence-electron chi connectivity index (χ1n) is 6.89. The molecule has 0 aromatic heterocycles. The fourth-order valence-corrected chi connectivity index (χ4v) is 3.26. The maximum Gasteiger partial charge on any atom is 0.253 e. The molecule has 0 aliphatic rings. The van der Waals surface area contributed by atoms with Gasteiger partial charge in [-0.3, -0.25) is 9.52 Å². The molecule has 1 rings (SSSR count). The highest BCUT2D eigenvalue weighted by Gasteiger charge is 2.13. The van der Waals surface area contributed by atoms with Gasteiger partial charge in [0.2, 0.25) is 10.0 Å². The summed E-state index contributed by atoms with van der Waals surface area (Å²) in [5.74, 6) is 0.228. The first-order valence-corrected chi connectivity index (χ1v) is 9.08. The predicted octanol–water partition coefficient (Wildman–Crippen LogP) is 2.54. The molecule has 0 atom stereocenters. The van der Waals surface area contributed by atoms with E-state index < -0.39 is 10.0 Å². The molecule has 1 aromatic carbocycles. The van der Waals surface area contributed by atoms with Crippen LogP contribution in [0.3, 0.4) is 0 Å². The zero-order chi connectivity index (χ0) is 15.9. The van der Waals surface area contributed by atoms with E-state index in [4.69, 9.17) is 11.6 Å². The Hall–Kier alpha value is -1.27. The maximum atomic E-state index is 12.1. The number of anilines is 1. The van der Waals surface area contributed by atoms with Crippen molar-refractivity contribution in [3.8, 4) is 0 Å². The van der Waals surface area contributed by atoms with E-state index in [-0.39, 0.29) is 11.7 Å². The van der Waals surface area contributed by atoms with Crippen LogP contribution in [0, 0.1) is 0 Å². The van der Waals surface area contributed by atoms with Crippen LogP contribution < -0.4 is 4.72 Å². The zero-order valence-electron chi connectivity index (χ0n) is 12.3. The second-order valence-corrected chi connectivity index (χ2v) is 6.74. The molecule has 0 heterocycles. The summed E-state index contributed by atoms with van der Waals surface area (Å²) in [4.78, 5) is 13.8. The van der Waals surface area contributed by atoms with Crippen LogP contribution in [-0.2, 0) is 10.0 Å². The van der Waals surface area contributed by atoms with E-state index in [0.29, 0.717) is 36.6 Å². The van der Waals surface area contributed by atoms with Crippen LogP contribution in [0.2, 0.25) is 0 Å². The van der Waals surface area contributed by atoms with E-state index in [1.165, 1.54) is 0 Å². The Bertz CT molecular complexity index is 554. The molecule has 118 valence electrons. The Kier molecular flexibility index (Phi) is 6.98. The zero-order valence-corrected chi connectivity index (χ0v) is 13.9. The summed E-state index contributed by atoms with van der Waals surface area (Å²) in [7, 11) is -3.39. The SMILES string of the molecule is CCN(CC)C(=O)c1ccc(NS(=O)(=O)CCCCl)cc1. The van der Waals surface area contributed by atoms with Gasteiger partial charge in [0.1, 0.15) is 0 Å². The first-order chi connectivity index (χ1) is 9.93. The van der Waals surface area contributed by atoms with Crippen molar-refractivity contribution in [2.45, 2.75) is 20.3 Å². The van der Waals surface area contributed by atoms with E-state index in [2.05, 4.69) is 4.72 Å². The third-order valence-corrected chi connectivity index (χ3v) is 4.64. The monoisotopic (exact) mass is 332 g/mol. The molecule has 5 nitrogen and oxygen atoms in total. The lowest BCUT2D eigenvalue weighted by Gasteiger charge is -2.18. The number of nitrogens with one attached hydrogen (secondary N) is 1. The quantitative estimate of drug-likeness (QED) is 0.744. The lowest BCUT2D eigenvalue weighted by molar-refractivity contribution is 0.0773. The van der Waals surface area contributed by atoms with Crippen molar-refractivity contribution < 1.29 is 13.2 Å². The lowest BCUT2D eigenvalue weighted by Crippen LogP contribution is -2.30. The number of amides is 1. The number of alkyl halides is 1. The van der Waals surface area contributed by atoms with Crippen LogP contribution in [0.25, 0.3) is 0 Å². The van der Waals surface area contributed by atoms with Gasteiger partial charge in [-0.25, -0.2) is 8.42 Å². The maximum absolute atomic E-state index is 12.1. The van der Waals surface area contributed by atoms with Crippen LogP contribution in [0.15, 0.2) is 24.3 Å². The van der Waals surface area contributed by atoms with E-state index >= 15 is 0 Å². The fourth-order valence-electron chi connectivity index (χ4n) is 1.85. The minimum absolute atomic E-state index is 0.0172. The summed E-state index contributed by atoms with van der Waals surface area (Å²) < 4.78 is 25.9. The Morgan fingerprint density at radius 1 is 1.19 bits per heavy atom. The molecule has 1 aromatic rings. The number of rotatable bonds is 8. The van der Waals surface area contributed by atoms with Gasteiger partial charge in [-0.2, -0.15) is 0 Å². The minimum atomic E-state index is -3.39. The highest BCUT2D eigenvalue weighted by molar-refractivity contribution is 7.92. The smallest absolute Gasteiger partial charge is 0.253 e. The number of hydrogen-bond donors (Lipinski definition) is 1. The van der Waals surface area contributed by atoms with Gasteiger partial charge in [0.05, 0.1) is 5.75 Å². The highest BCUT2D eigenvalue weighted by Crippen LogP contribution is 2.13. The average molecular weight is 333 g/mol. The number of carbonyl (C=O) groups is 1. The number of halogens is 1. The molecule has 21 heavy (non-hydrogen) atoms. The van der Waals surface area contributed by atoms with Gasteiger partial charge in [0.15, 0.2) is 0 Å². The molecule has 1 amide bonds. The molecule has 0 aliphatic heterocycles. The molecule has 7 heteroatoms. The topological polar surface area (TPSA) is 66.5 Å². The standard InChI is InChI=1S/C14H21ClN2O3S/c1-3-17(4-2)14(18)12-6-8-13(9-7-12)16-21(19,20)11-5-10-15/h6-9,16H,3-5,10-11H2,1-2H3. The molecule has 0 bridgehead atoms. The molecule has 1 N–H and O–H groups in total. The third kappa shape index (κ3) is 5.55. The minimum Gasteiger partial charge on any atom is -0.339 e. The van der Waals surface area contributed by atoms with Gasteiger partial charge in [-0.15, -0.1) is 11.6 Å². The molecule has 0 radical (unpaired) electrons. The Balaban J connectivity index is 2.77. The van der Waals surface area contributed by atoms with Crippen LogP contribution in [-0.4, -0.2) is 43.9 Å². The van der Waals surface area contributed by atoms with Gasteiger partial charge in [0, 0.05) is 30.2 Å². The largest absolute Gasteiger partial charge is 0.339 e. The Labute approximate surface area is 131 Å². The predicted molar refractivity (Wildman–Crippen MR) is 86.4 cm³/mol. The van der Waals surface area contributed by atoms with Crippen molar-refractivity contribution in [1.82, 2.24) is 4.90 Å². The number of nitrogens with zero attached hydrogens (tertiary/aromatic N) is 1. The van der Waals surface area contributed by atoms with Crippen molar-refractivity contribution >= 4 is 33.2 Å². The van der Waals surface area contributed by atoms with Gasteiger partial charge in [-0.05, 0) is 44.5 Å². The van der Waals surface area contributed by atoms with E-state index in [1.54, 1.807) is 29.2 Å². The number of benzene rings is 1. The molecule has 0 fully saturated rings. The molecule has 0 saturated carbocycles. The van der Waals surface area contributed by atoms with Crippen molar-refractivity contribution in [1.29, 1.82) is 0 Å². The molecular weight excluding hydrogens is 312 g/mol. The lowest BCUT2D eigenvalue weighted by atomic mass is 10.2. The summed E-state index contributed by atoms with van der Waals surface area (Å²) in [6.07, 6.45) is 0.398. The van der Waals surface area contributed by atoms with E-state index in [0.717, 1.165) is 0 Å². The van der Waals surface area contributed by atoms with Gasteiger partial charge in [-0.1, -0.05) is 0 Å². The van der Waals surface area contributed by atoms with Crippen molar-refractivity contribution in [3.63, 3.8) is 0 Å². The second kappa shape index (κ2) is 8.24. The molecule has 0 unspecified atom stereocenters. The first kappa shape index (κ1) is 17.8. The van der Waals surface area contributed by atoms with E-state index in [1.807, 2.05) is 13.8 Å². The van der Waals surface area contributed by atoms with Crippen LogP contribution >= 0.6 is 11.6 Å². The Morgan fingerprint density at radius 3 is 2.24 bits per heavy atom. The third-order valence-electron chi connectivity index (χ3n) is 3.00. The van der Waals surface area contributed by atoms with Gasteiger partial charge < -0.3 is 4.90 Å². The van der Waals surface area contributed by atoms with Gasteiger partial charge in [0.25, 0.3) is 5.91 Å². The normalized spacial score (nSPS) is 11.2. The molecular formula is C14H21ClN2O3S. The van der Waals surface area contributed by atoms with Crippen molar-refractivity contribution in [2.75, 3.05) is 29.4 Å². The van der Waals surface area contributed by atoms with E-state index in [9.17, 15) is 13.2 Å². The van der Waals surface area contributed by atoms with Crippen LogP contribution in [0.1, 0.15) is 30.6 Å². The van der Waals surface area contributed by atoms with Crippen LogP contribution in [0.4, 0.5) is 5.69 Å². The number of hydrogen-bond acceptors (Lipinski definition) is 3. The fraction of sp³-hybridized carbons (Fsp3) is 0.500. The summed E-state index contributed by atoms with van der Waals surface area (Å²) >= 11 is 5.49. The number of sulfonamides is 1.